The molecule has 0 unspecified atom stereocenters. The fourth-order valence-corrected chi connectivity index (χ4v) is 4.57. The summed E-state index contributed by atoms with van der Waals surface area (Å²) in [4.78, 5) is 69.9. The first-order chi connectivity index (χ1) is 31.5. The third-order valence-corrected chi connectivity index (χ3v) is 9.08. The van der Waals surface area contributed by atoms with Crippen LogP contribution in [-0.4, -0.2) is 126 Å². The Morgan fingerprint density at radius 2 is 0.463 bits per heavy atom. The number of halogens is 5. The quantitative estimate of drug-likeness (QED) is 0.101. The molecule has 0 aromatic heterocycles. The van der Waals surface area contributed by atoms with Gasteiger partial charge in [0.2, 0.25) is 0 Å². The van der Waals surface area contributed by atoms with Gasteiger partial charge in [-0.05, 0) is 121 Å². The van der Waals surface area contributed by atoms with E-state index in [0.717, 1.165) is 27.2 Å². The van der Waals surface area contributed by atoms with E-state index >= 15 is 0 Å². The minimum absolute atomic E-state index is 0.151. The molecule has 0 aliphatic heterocycles. The molecule has 22 heteroatoms. The lowest BCUT2D eigenvalue weighted by molar-refractivity contribution is -0.0598. The Morgan fingerprint density at radius 1 is 0.313 bits per heavy atom. The molecular weight excluding hydrogens is 970 g/mol. The van der Waals surface area contributed by atoms with Gasteiger partial charge in [0.15, 0.2) is 0 Å². The smallest absolute Gasteiger partial charge is 0.331 e. The van der Waals surface area contributed by atoms with Gasteiger partial charge in [-0.15, -0.1) is 0 Å². The lowest BCUT2D eigenvalue weighted by Crippen LogP contribution is -2.30. The average molecular weight is 1030 g/mol. The number of carbonyl (C=O) groups is 5. The number of hydroxylamine groups is 4. The maximum absolute atomic E-state index is 11.3. The Morgan fingerprint density at radius 3 is 0.597 bits per heavy atom. The van der Waals surface area contributed by atoms with Crippen LogP contribution < -0.4 is 26.6 Å². The van der Waals surface area contributed by atoms with Crippen molar-refractivity contribution >= 4 is 117 Å². The number of rotatable bonds is 7. The van der Waals surface area contributed by atoms with Crippen molar-refractivity contribution < 1.29 is 33.6 Å². The molecule has 0 fully saturated rings. The Hall–Kier alpha value is -6.18. The Bertz CT molecular complexity index is 2040. The van der Waals surface area contributed by atoms with E-state index in [1.165, 1.54) is 43.0 Å². The van der Waals surface area contributed by atoms with Gasteiger partial charge in [0.1, 0.15) is 0 Å². The van der Waals surface area contributed by atoms with Gasteiger partial charge in [0.25, 0.3) is 0 Å². The highest BCUT2D eigenvalue weighted by atomic mass is 35.5. The average Bonchev–Trinajstić information content (AvgIpc) is 3.30. The van der Waals surface area contributed by atoms with Crippen LogP contribution in [0.15, 0.2) is 121 Å². The molecule has 0 aliphatic carbocycles. The van der Waals surface area contributed by atoms with Crippen molar-refractivity contribution in [3.63, 3.8) is 0 Å². The zero-order valence-corrected chi connectivity index (χ0v) is 42.3. The normalized spacial score (nSPS) is 9.54. The summed E-state index contributed by atoms with van der Waals surface area (Å²) in [5.74, 6) is 0. The molecule has 0 bridgehead atoms. The first kappa shape index (κ1) is 58.8. The Kier molecular flexibility index (Phi) is 27.8. The molecule has 5 aromatic carbocycles. The number of hydrogen-bond acceptors (Lipinski definition) is 7. The summed E-state index contributed by atoms with van der Waals surface area (Å²) in [6, 6.07) is 33.4. The summed E-state index contributed by atoms with van der Waals surface area (Å²) >= 11 is 28.4. The second-order valence-electron chi connectivity index (χ2n) is 13.7. The van der Waals surface area contributed by atoms with Crippen molar-refractivity contribution in [3.8, 4) is 0 Å². The summed E-state index contributed by atoms with van der Waals surface area (Å²) in [5.41, 5.74) is 3.56. The molecule has 0 heterocycles. The maximum Gasteiger partial charge on any atom is 0.345 e. The Labute approximate surface area is 416 Å². The molecule has 67 heavy (non-hydrogen) atoms. The predicted molar refractivity (Wildman–Crippen MR) is 273 cm³/mol. The summed E-state index contributed by atoms with van der Waals surface area (Å²) in [5, 5.41) is 18.7. The Balaban J connectivity index is 0.000000419. The minimum Gasteiger partial charge on any atom is -0.331 e. The van der Waals surface area contributed by atoms with Crippen LogP contribution in [0.1, 0.15) is 0 Å². The van der Waals surface area contributed by atoms with Gasteiger partial charge in [-0.3, -0.25) is 9.68 Å². The van der Waals surface area contributed by atoms with Crippen molar-refractivity contribution in [2.75, 3.05) is 97.2 Å². The zero-order valence-electron chi connectivity index (χ0n) is 38.5. The van der Waals surface area contributed by atoms with Gasteiger partial charge in [0, 0.05) is 110 Å². The lowest BCUT2D eigenvalue weighted by Gasteiger charge is -2.14. The second kappa shape index (κ2) is 31.7. The first-order valence-electron chi connectivity index (χ1n) is 19.4. The van der Waals surface area contributed by atoms with E-state index in [0.29, 0.717) is 36.5 Å². The number of urea groups is 5. The summed E-state index contributed by atoms with van der Waals surface area (Å²) in [6.07, 6.45) is 0. The fourth-order valence-electron chi connectivity index (χ4n) is 3.94. The van der Waals surface area contributed by atoms with E-state index in [2.05, 4.69) is 26.6 Å². The molecule has 10 amide bonds. The molecule has 0 spiro atoms. The van der Waals surface area contributed by atoms with Gasteiger partial charge in [0.05, 0.1) is 14.2 Å². The molecule has 0 radical (unpaired) electrons. The van der Waals surface area contributed by atoms with E-state index < -0.39 is 0 Å². The molecule has 5 N–H and O–H groups in total. The number of amides is 10. The van der Waals surface area contributed by atoms with Crippen LogP contribution in [0.2, 0.25) is 25.1 Å². The minimum atomic E-state index is -0.338. The maximum atomic E-state index is 11.3. The number of benzene rings is 5. The van der Waals surface area contributed by atoms with Crippen LogP contribution in [0, 0.1) is 0 Å². The van der Waals surface area contributed by atoms with Crippen molar-refractivity contribution in [1.29, 1.82) is 0 Å². The molecule has 362 valence electrons. The fraction of sp³-hybridized carbons (Fsp3) is 0.222. The number of carbonyl (C=O) groups excluding carboxylic acids is 5. The second-order valence-corrected chi connectivity index (χ2v) is 15.9. The molecule has 0 saturated heterocycles. The van der Waals surface area contributed by atoms with E-state index in [9.17, 15) is 24.0 Å². The third kappa shape index (κ3) is 25.9. The number of nitrogens with one attached hydrogen (secondary N) is 5. The van der Waals surface area contributed by atoms with Gasteiger partial charge >= 0.3 is 30.2 Å². The van der Waals surface area contributed by atoms with Crippen molar-refractivity contribution in [2.24, 2.45) is 0 Å². The highest BCUT2D eigenvalue weighted by Gasteiger charge is 2.09. The van der Waals surface area contributed by atoms with E-state index in [4.69, 9.17) is 67.7 Å². The summed E-state index contributed by atoms with van der Waals surface area (Å²) < 4.78 is 0. The molecule has 17 nitrogen and oxygen atoms in total. The largest absolute Gasteiger partial charge is 0.345 e. The summed E-state index contributed by atoms with van der Waals surface area (Å²) in [6.45, 7) is 0. The van der Waals surface area contributed by atoms with E-state index in [1.807, 2.05) is 0 Å². The number of nitrogens with zero attached hydrogens (tertiary/aromatic N) is 5. The van der Waals surface area contributed by atoms with Gasteiger partial charge in [-0.25, -0.2) is 34.1 Å². The molecular formula is C45H55Cl5N10O7. The van der Waals surface area contributed by atoms with Gasteiger partial charge in [-0.2, -0.15) is 0 Å². The van der Waals surface area contributed by atoms with Gasteiger partial charge < -0.3 is 41.3 Å². The van der Waals surface area contributed by atoms with Crippen LogP contribution in [-0.2, 0) is 9.68 Å². The van der Waals surface area contributed by atoms with Crippen molar-refractivity contribution in [2.45, 2.75) is 0 Å². The van der Waals surface area contributed by atoms with Crippen molar-refractivity contribution in [1.82, 2.24) is 24.8 Å². The highest BCUT2D eigenvalue weighted by molar-refractivity contribution is 6.31. The third-order valence-electron chi connectivity index (χ3n) is 7.82. The van der Waals surface area contributed by atoms with Crippen LogP contribution in [0.4, 0.5) is 52.4 Å². The molecule has 5 aromatic rings. The van der Waals surface area contributed by atoms with E-state index in [-0.39, 0.29) is 30.2 Å². The predicted octanol–water partition coefficient (Wildman–Crippen LogP) is 12.0. The molecule has 5 rings (SSSR count). The topological polar surface area (TPSA) is 180 Å². The SMILES string of the molecule is CN(C)C(=O)Nc1ccc(Cl)cc1.CN(C)C(=O)Nc1ccc(Cl)cc1.CN(C)C(=O)Nc1ccc(Cl)cc1.CON(C)C(=O)Nc1ccc(Cl)cc1.CON(C)C(=O)Nc1ccc(Cl)cc1. The molecule has 0 saturated carbocycles. The zero-order chi connectivity index (χ0) is 50.6. The molecule has 0 atom stereocenters. The van der Waals surface area contributed by atoms with Crippen LogP contribution >= 0.6 is 58.0 Å². The standard InChI is InChI=1S/2C9H11ClN2O2.3C9H11ClN2O/c2*1-12(14-2)9(13)11-8-5-3-7(10)4-6-8;3*1-12(2)9(13)11-8-5-3-7(10)4-6-8/h2*3-6H,1-2H3,(H,11,13);3*3-6H,1-2H3,(H,11,13). The van der Waals surface area contributed by atoms with Crippen LogP contribution in [0.25, 0.3) is 0 Å². The van der Waals surface area contributed by atoms with Crippen LogP contribution in [0.5, 0.6) is 0 Å². The van der Waals surface area contributed by atoms with Crippen molar-refractivity contribution in [3.05, 3.63) is 146 Å². The first-order valence-corrected chi connectivity index (χ1v) is 21.3. The number of hydrogen-bond donors (Lipinski definition) is 5. The number of anilines is 5. The lowest BCUT2D eigenvalue weighted by atomic mass is 10.3. The van der Waals surface area contributed by atoms with Crippen LogP contribution in [0.3, 0.4) is 0 Å². The molecule has 0 aliphatic rings. The summed E-state index contributed by atoms with van der Waals surface area (Å²) in [7, 11) is 16.0. The monoisotopic (exact) mass is 1020 g/mol. The van der Waals surface area contributed by atoms with E-state index in [1.54, 1.807) is 164 Å². The highest BCUT2D eigenvalue weighted by Crippen LogP contribution is 2.17. The van der Waals surface area contributed by atoms with Gasteiger partial charge in [-0.1, -0.05) is 58.0 Å².